The average Bonchev–Trinajstić information content (AvgIpc) is 3.19. The molecule has 33 heavy (non-hydrogen) atoms. The molecule has 8 nitrogen and oxygen atoms in total. The summed E-state index contributed by atoms with van der Waals surface area (Å²) in [6, 6.07) is 11.4. The number of carbonyl (C=O) groups excluding carboxylic acids is 1. The van der Waals surface area contributed by atoms with E-state index in [0.717, 1.165) is 33.0 Å². The average molecular weight is 448 g/mol. The van der Waals surface area contributed by atoms with Gasteiger partial charge >= 0.3 is 11.6 Å². The highest BCUT2D eigenvalue weighted by Crippen LogP contribution is 2.28. The number of carboxylic acids is 1. The zero-order chi connectivity index (χ0) is 23.5. The quantitative estimate of drug-likeness (QED) is 0.356. The van der Waals surface area contributed by atoms with Crippen LogP contribution < -0.4 is 15.7 Å². The third-order valence-electron chi connectivity index (χ3n) is 5.71. The van der Waals surface area contributed by atoms with E-state index in [0.29, 0.717) is 17.8 Å². The van der Waals surface area contributed by atoms with Gasteiger partial charge in [-0.1, -0.05) is 18.2 Å². The Labute approximate surface area is 189 Å². The van der Waals surface area contributed by atoms with Gasteiger partial charge in [0.1, 0.15) is 17.4 Å². The summed E-state index contributed by atoms with van der Waals surface area (Å²) in [5, 5.41) is 14.0. The number of aryl methyl sites for hydroxylation is 2. The maximum absolute atomic E-state index is 12.6. The number of nitrogens with one attached hydrogen (secondary N) is 2. The lowest BCUT2D eigenvalue weighted by molar-refractivity contribution is -0.141. The molecule has 2 aromatic heterocycles. The van der Waals surface area contributed by atoms with Gasteiger partial charge in [0, 0.05) is 47.5 Å². The molecule has 0 bridgehead atoms. The van der Waals surface area contributed by atoms with Crippen molar-refractivity contribution in [3.05, 3.63) is 75.8 Å². The molecule has 0 aliphatic carbocycles. The smallest absolute Gasteiger partial charge is 0.336 e. The molecule has 1 amide bonds. The van der Waals surface area contributed by atoms with E-state index >= 15 is 0 Å². The molecule has 0 saturated carbocycles. The lowest BCUT2D eigenvalue weighted by atomic mass is 10.0. The minimum absolute atomic E-state index is 0.0787. The van der Waals surface area contributed by atoms with Gasteiger partial charge in [-0.05, 0) is 42.2 Å². The van der Waals surface area contributed by atoms with Crippen LogP contribution in [0.25, 0.3) is 21.9 Å². The number of aliphatic carboxylic acids is 1. The van der Waals surface area contributed by atoms with Crippen molar-refractivity contribution in [2.75, 3.05) is 7.11 Å². The van der Waals surface area contributed by atoms with Crippen LogP contribution in [0.4, 0.5) is 0 Å². The van der Waals surface area contributed by atoms with Crippen LogP contribution in [0.5, 0.6) is 5.75 Å². The number of fused-ring (bicyclic) bond motifs is 2. The second-order valence-electron chi connectivity index (χ2n) is 7.93. The molecule has 170 valence electrons. The molecule has 0 saturated heterocycles. The highest BCUT2D eigenvalue weighted by molar-refractivity contribution is 5.87. The minimum atomic E-state index is -1.09. The molecule has 0 radical (unpaired) electrons. The number of ether oxygens (including phenoxy) is 1. The zero-order valence-electron chi connectivity index (χ0n) is 18.3. The SMILES string of the molecule is COc1cc2oc(=O)cc(C)c2cc1CCC(=O)N[C@@H](Cc1c[nH]c2ccccc12)C(=O)O. The first kappa shape index (κ1) is 22.1. The number of aromatic amines is 1. The molecule has 1 atom stereocenters. The van der Waals surface area contributed by atoms with Crippen molar-refractivity contribution in [3.63, 3.8) is 0 Å². The molecular weight excluding hydrogens is 424 g/mol. The summed E-state index contributed by atoms with van der Waals surface area (Å²) >= 11 is 0. The van der Waals surface area contributed by atoms with Gasteiger partial charge in [-0.15, -0.1) is 0 Å². The predicted molar refractivity (Wildman–Crippen MR) is 124 cm³/mol. The van der Waals surface area contributed by atoms with Gasteiger partial charge in [0.25, 0.3) is 0 Å². The number of amides is 1. The number of rotatable bonds is 8. The molecule has 0 aliphatic rings. The first-order valence-corrected chi connectivity index (χ1v) is 10.5. The lowest BCUT2D eigenvalue weighted by Gasteiger charge is -2.15. The Morgan fingerprint density at radius 2 is 1.94 bits per heavy atom. The minimum Gasteiger partial charge on any atom is -0.496 e. The van der Waals surface area contributed by atoms with Gasteiger partial charge in [-0.25, -0.2) is 9.59 Å². The molecule has 0 aliphatic heterocycles. The Kier molecular flexibility index (Phi) is 6.17. The number of methoxy groups -OCH3 is 1. The summed E-state index contributed by atoms with van der Waals surface area (Å²) in [5.74, 6) is -0.971. The maximum atomic E-state index is 12.6. The van der Waals surface area contributed by atoms with Crippen molar-refractivity contribution >= 4 is 33.7 Å². The van der Waals surface area contributed by atoms with Crippen molar-refractivity contribution in [2.45, 2.75) is 32.2 Å². The van der Waals surface area contributed by atoms with E-state index < -0.39 is 17.6 Å². The van der Waals surface area contributed by atoms with E-state index in [1.807, 2.05) is 37.3 Å². The van der Waals surface area contributed by atoms with E-state index in [4.69, 9.17) is 9.15 Å². The van der Waals surface area contributed by atoms with Crippen LogP contribution in [0.1, 0.15) is 23.1 Å². The molecular formula is C25H24N2O6. The van der Waals surface area contributed by atoms with Crippen LogP contribution in [-0.4, -0.2) is 35.1 Å². The third-order valence-corrected chi connectivity index (χ3v) is 5.71. The summed E-state index contributed by atoms with van der Waals surface area (Å²) < 4.78 is 10.6. The van der Waals surface area contributed by atoms with Crippen LogP contribution in [0, 0.1) is 6.92 Å². The van der Waals surface area contributed by atoms with E-state index in [2.05, 4.69) is 10.3 Å². The fraction of sp³-hybridized carbons (Fsp3) is 0.240. The van der Waals surface area contributed by atoms with Crippen LogP contribution in [-0.2, 0) is 22.4 Å². The molecule has 2 aromatic carbocycles. The molecule has 2 heterocycles. The topological polar surface area (TPSA) is 122 Å². The summed E-state index contributed by atoms with van der Waals surface area (Å²) in [7, 11) is 1.50. The number of carbonyl (C=O) groups is 2. The Morgan fingerprint density at radius 3 is 2.70 bits per heavy atom. The normalized spacial score (nSPS) is 12.1. The summed E-state index contributed by atoms with van der Waals surface area (Å²) in [4.78, 5) is 39.2. The summed E-state index contributed by atoms with van der Waals surface area (Å²) in [6.45, 7) is 1.81. The van der Waals surface area contributed by atoms with E-state index in [9.17, 15) is 19.5 Å². The van der Waals surface area contributed by atoms with Crippen LogP contribution in [0.3, 0.4) is 0 Å². The van der Waals surface area contributed by atoms with Gasteiger partial charge in [-0.2, -0.15) is 0 Å². The number of para-hydroxylation sites is 1. The third kappa shape index (κ3) is 4.74. The molecule has 0 unspecified atom stereocenters. The Hall–Kier alpha value is -4.07. The highest BCUT2D eigenvalue weighted by atomic mass is 16.5. The maximum Gasteiger partial charge on any atom is 0.336 e. The fourth-order valence-corrected chi connectivity index (χ4v) is 4.01. The summed E-state index contributed by atoms with van der Waals surface area (Å²) in [6.07, 6.45) is 2.36. The van der Waals surface area contributed by atoms with Gasteiger partial charge in [0.15, 0.2) is 0 Å². The molecule has 4 aromatic rings. The monoisotopic (exact) mass is 448 g/mol. The number of hydrogen-bond acceptors (Lipinski definition) is 5. The van der Waals surface area contributed by atoms with Crippen LogP contribution in [0.15, 0.2) is 57.9 Å². The predicted octanol–water partition coefficient (Wildman–Crippen LogP) is 3.34. The van der Waals surface area contributed by atoms with Gasteiger partial charge < -0.3 is 24.6 Å². The standard InChI is InChI=1S/C25H24N2O6/c1-14-9-24(29)33-22-12-21(32-2)15(10-18(14)22)7-8-23(28)27-20(25(30)31)11-16-13-26-19-6-4-3-5-17(16)19/h3-6,9-10,12-13,20,26H,7-8,11H2,1-2H3,(H,27,28)(H,30,31)/t20-/m0/s1. The molecule has 3 N–H and O–H groups in total. The fourth-order valence-electron chi connectivity index (χ4n) is 4.01. The zero-order valence-corrected chi connectivity index (χ0v) is 18.3. The van der Waals surface area contributed by atoms with E-state index in [1.54, 1.807) is 12.3 Å². The Bertz CT molecular complexity index is 1400. The number of carboxylic acid groups (broad SMARTS) is 1. The Morgan fingerprint density at radius 1 is 1.15 bits per heavy atom. The number of H-pyrrole nitrogens is 1. The number of benzene rings is 2. The summed E-state index contributed by atoms with van der Waals surface area (Å²) in [5.41, 5.74) is 3.24. The van der Waals surface area contributed by atoms with Crippen LogP contribution in [0.2, 0.25) is 0 Å². The van der Waals surface area contributed by atoms with Gasteiger partial charge in [0.2, 0.25) is 5.91 Å². The van der Waals surface area contributed by atoms with Gasteiger partial charge in [0.05, 0.1) is 7.11 Å². The molecule has 0 spiro atoms. The second kappa shape index (κ2) is 9.20. The van der Waals surface area contributed by atoms with E-state index in [1.165, 1.54) is 13.2 Å². The molecule has 8 heteroatoms. The number of hydrogen-bond donors (Lipinski definition) is 3. The highest BCUT2D eigenvalue weighted by Gasteiger charge is 2.22. The first-order valence-electron chi connectivity index (χ1n) is 10.5. The van der Waals surface area contributed by atoms with Crippen molar-refractivity contribution in [2.24, 2.45) is 0 Å². The number of aromatic nitrogens is 1. The van der Waals surface area contributed by atoms with Crippen molar-refractivity contribution in [1.29, 1.82) is 0 Å². The Balaban J connectivity index is 1.48. The largest absolute Gasteiger partial charge is 0.496 e. The van der Waals surface area contributed by atoms with E-state index in [-0.39, 0.29) is 18.7 Å². The van der Waals surface area contributed by atoms with Gasteiger partial charge in [-0.3, -0.25) is 4.79 Å². The second-order valence-corrected chi connectivity index (χ2v) is 7.93. The molecule has 4 rings (SSSR count). The van der Waals surface area contributed by atoms with Crippen molar-refractivity contribution in [3.8, 4) is 5.75 Å². The lowest BCUT2D eigenvalue weighted by Crippen LogP contribution is -2.42. The van der Waals surface area contributed by atoms with Crippen molar-refractivity contribution < 1.29 is 23.8 Å². The molecule has 0 fully saturated rings. The first-order chi connectivity index (χ1) is 15.9. The van der Waals surface area contributed by atoms with Crippen molar-refractivity contribution in [1.82, 2.24) is 10.3 Å². The van der Waals surface area contributed by atoms with Crippen LogP contribution >= 0.6 is 0 Å².